The Hall–Kier alpha value is -2.86. The van der Waals surface area contributed by atoms with E-state index >= 15 is 0 Å². The van der Waals surface area contributed by atoms with E-state index in [-0.39, 0.29) is 11.9 Å². The van der Waals surface area contributed by atoms with Gasteiger partial charge >= 0.3 is 0 Å². The minimum absolute atomic E-state index is 0.168. The number of amides is 1. The molecular formula is C19H16ClN3O3. The van der Waals surface area contributed by atoms with Crippen LogP contribution in [0.4, 0.5) is 0 Å². The van der Waals surface area contributed by atoms with Crippen molar-refractivity contribution in [1.29, 1.82) is 0 Å². The highest BCUT2D eigenvalue weighted by Gasteiger charge is 2.34. The summed E-state index contributed by atoms with van der Waals surface area (Å²) < 4.78 is 10.8. The predicted octanol–water partition coefficient (Wildman–Crippen LogP) is 4.19. The van der Waals surface area contributed by atoms with E-state index in [1.54, 1.807) is 19.4 Å². The fourth-order valence-corrected chi connectivity index (χ4v) is 3.46. The number of hydrazone groups is 1. The minimum atomic E-state index is -0.330. The fraction of sp³-hybridized carbons (Fsp3) is 0.211. The van der Waals surface area contributed by atoms with Crippen molar-refractivity contribution in [2.45, 2.75) is 19.4 Å². The third-order valence-electron chi connectivity index (χ3n) is 4.41. The summed E-state index contributed by atoms with van der Waals surface area (Å²) in [6, 6.07) is 10.9. The molecule has 0 unspecified atom stereocenters. The van der Waals surface area contributed by atoms with Gasteiger partial charge in [-0.25, -0.2) is 9.99 Å². The van der Waals surface area contributed by atoms with Gasteiger partial charge in [-0.1, -0.05) is 23.7 Å². The molecule has 132 valence electrons. The summed E-state index contributed by atoms with van der Waals surface area (Å²) in [5.41, 5.74) is 2.13. The van der Waals surface area contributed by atoms with Gasteiger partial charge in [0.05, 0.1) is 19.4 Å². The monoisotopic (exact) mass is 369 g/mol. The van der Waals surface area contributed by atoms with Crippen molar-refractivity contribution in [3.63, 3.8) is 0 Å². The molecule has 4 rings (SSSR count). The van der Waals surface area contributed by atoms with E-state index in [0.29, 0.717) is 34.3 Å². The molecule has 0 spiro atoms. The molecule has 0 bridgehead atoms. The molecule has 0 N–H and O–H groups in total. The third kappa shape index (κ3) is 2.72. The van der Waals surface area contributed by atoms with Crippen LogP contribution in [0.3, 0.4) is 0 Å². The van der Waals surface area contributed by atoms with Crippen LogP contribution in [0.5, 0.6) is 5.75 Å². The topological polar surface area (TPSA) is 67.9 Å². The van der Waals surface area contributed by atoms with Gasteiger partial charge < -0.3 is 9.15 Å². The number of hydrogen-bond acceptors (Lipinski definition) is 5. The highest BCUT2D eigenvalue weighted by Crippen LogP contribution is 2.38. The molecule has 0 saturated carbocycles. The molecular weight excluding hydrogens is 354 g/mol. The van der Waals surface area contributed by atoms with E-state index in [2.05, 4.69) is 10.1 Å². The standard InChI is InChI=1S/C19H16ClN3O3/c1-11(24)23-15(10-14(22-23)16-7-4-8-26-16)13-9-12-5-3-6-17(25-2)18(12)21-19(13)20/h3-9,15H,10H2,1-2H3/t15-/m0/s1. The first-order valence-corrected chi connectivity index (χ1v) is 8.50. The molecule has 2 aromatic heterocycles. The van der Waals surface area contributed by atoms with Gasteiger partial charge in [0.15, 0.2) is 0 Å². The number of nitrogens with zero attached hydrogens (tertiary/aromatic N) is 3. The van der Waals surface area contributed by atoms with Gasteiger partial charge in [-0.05, 0) is 24.3 Å². The zero-order valence-corrected chi connectivity index (χ0v) is 15.0. The van der Waals surface area contributed by atoms with Crippen molar-refractivity contribution in [2.24, 2.45) is 5.10 Å². The summed E-state index contributed by atoms with van der Waals surface area (Å²) in [4.78, 5) is 16.6. The summed E-state index contributed by atoms with van der Waals surface area (Å²) in [6.45, 7) is 1.48. The number of pyridine rings is 1. The molecule has 7 heteroatoms. The van der Waals surface area contributed by atoms with Crippen LogP contribution in [-0.4, -0.2) is 28.7 Å². The third-order valence-corrected chi connectivity index (χ3v) is 4.71. The molecule has 0 radical (unpaired) electrons. The average Bonchev–Trinajstić information content (AvgIpc) is 3.30. The maximum atomic E-state index is 12.1. The number of carbonyl (C=O) groups is 1. The number of furan rings is 1. The lowest BCUT2D eigenvalue weighted by atomic mass is 10.0. The first kappa shape index (κ1) is 16.6. The second-order valence-corrected chi connectivity index (χ2v) is 6.37. The van der Waals surface area contributed by atoms with Crippen molar-refractivity contribution in [2.75, 3.05) is 7.11 Å². The van der Waals surface area contributed by atoms with Crippen molar-refractivity contribution in [1.82, 2.24) is 9.99 Å². The molecule has 0 aliphatic carbocycles. The van der Waals surface area contributed by atoms with Gasteiger partial charge in [-0.15, -0.1) is 0 Å². The molecule has 26 heavy (non-hydrogen) atoms. The van der Waals surface area contributed by atoms with Crippen molar-refractivity contribution < 1.29 is 13.9 Å². The molecule has 1 amide bonds. The number of rotatable bonds is 3. The Morgan fingerprint density at radius 2 is 2.19 bits per heavy atom. The molecule has 1 aliphatic heterocycles. The van der Waals surface area contributed by atoms with Crippen LogP contribution < -0.4 is 4.74 Å². The zero-order valence-electron chi connectivity index (χ0n) is 14.3. The molecule has 0 saturated heterocycles. The Morgan fingerprint density at radius 1 is 1.35 bits per heavy atom. The van der Waals surface area contributed by atoms with Crippen molar-refractivity contribution in [3.05, 3.63) is 59.1 Å². The van der Waals surface area contributed by atoms with E-state index in [9.17, 15) is 4.79 Å². The number of methoxy groups -OCH3 is 1. The van der Waals surface area contributed by atoms with E-state index < -0.39 is 0 Å². The lowest BCUT2D eigenvalue weighted by Gasteiger charge is -2.21. The number of carbonyl (C=O) groups excluding carboxylic acids is 1. The fourth-order valence-electron chi connectivity index (χ4n) is 3.20. The Balaban J connectivity index is 1.79. The van der Waals surface area contributed by atoms with E-state index in [1.165, 1.54) is 11.9 Å². The largest absolute Gasteiger partial charge is 0.494 e. The Morgan fingerprint density at radius 3 is 2.88 bits per heavy atom. The number of benzene rings is 1. The molecule has 1 aliphatic rings. The normalized spacial score (nSPS) is 16.8. The lowest BCUT2D eigenvalue weighted by molar-refractivity contribution is -0.130. The SMILES string of the molecule is COc1cccc2cc([C@@H]3CC(c4ccco4)=NN3C(C)=O)c(Cl)nc12. The average molecular weight is 370 g/mol. The highest BCUT2D eigenvalue weighted by atomic mass is 35.5. The summed E-state index contributed by atoms with van der Waals surface area (Å²) in [6.07, 6.45) is 2.09. The van der Waals surface area contributed by atoms with Gasteiger partial charge in [0.25, 0.3) is 0 Å². The Labute approximate surface area is 155 Å². The predicted molar refractivity (Wildman–Crippen MR) is 98.4 cm³/mol. The number of fused-ring (bicyclic) bond motifs is 1. The highest BCUT2D eigenvalue weighted by molar-refractivity contribution is 6.30. The second kappa shape index (κ2) is 6.46. The first-order chi connectivity index (χ1) is 12.6. The smallest absolute Gasteiger partial charge is 0.240 e. The van der Waals surface area contributed by atoms with Gasteiger partial charge in [0.2, 0.25) is 5.91 Å². The van der Waals surface area contributed by atoms with Crippen molar-refractivity contribution >= 4 is 34.1 Å². The maximum Gasteiger partial charge on any atom is 0.240 e. The number of halogens is 1. The van der Waals surface area contributed by atoms with Crippen LogP contribution in [0.15, 0.2) is 52.2 Å². The Kier molecular flexibility index (Phi) is 4.12. The Bertz CT molecular complexity index is 1010. The molecule has 6 nitrogen and oxygen atoms in total. The van der Waals surface area contributed by atoms with Gasteiger partial charge in [-0.3, -0.25) is 4.79 Å². The van der Waals surface area contributed by atoms with Crippen LogP contribution in [0.25, 0.3) is 10.9 Å². The van der Waals surface area contributed by atoms with Crippen LogP contribution in [0.1, 0.15) is 30.7 Å². The van der Waals surface area contributed by atoms with E-state index in [0.717, 1.165) is 10.9 Å². The molecule has 1 aromatic carbocycles. The molecule has 3 heterocycles. The lowest BCUT2D eigenvalue weighted by Crippen LogP contribution is -2.24. The summed E-state index contributed by atoms with van der Waals surface area (Å²) in [5.74, 6) is 1.13. The van der Waals surface area contributed by atoms with Gasteiger partial charge in [0.1, 0.15) is 27.9 Å². The maximum absolute atomic E-state index is 12.1. The van der Waals surface area contributed by atoms with E-state index in [1.807, 2.05) is 30.3 Å². The van der Waals surface area contributed by atoms with Gasteiger partial charge in [0, 0.05) is 24.3 Å². The van der Waals surface area contributed by atoms with Crippen molar-refractivity contribution in [3.8, 4) is 5.75 Å². The summed E-state index contributed by atoms with van der Waals surface area (Å²) in [5, 5.41) is 7.09. The molecule has 3 aromatic rings. The zero-order chi connectivity index (χ0) is 18.3. The number of ether oxygens (including phenoxy) is 1. The van der Waals surface area contributed by atoms with Gasteiger partial charge in [-0.2, -0.15) is 5.10 Å². The first-order valence-electron chi connectivity index (χ1n) is 8.13. The molecule has 0 fully saturated rings. The summed E-state index contributed by atoms with van der Waals surface area (Å²) in [7, 11) is 1.59. The number of para-hydroxylation sites is 1. The van der Waals surface area contributed by atoms with Crippen LogP contribution in [0.2, 0.25) is 5.15 Å². The number of aromatic nitrogens is 1. The van der Waals surface area contributed by atoms with Crippen LogP contribution >= 0.6 is 11.6 Å². The second-order valence-electron chi connectivity index (χ2n) is 6.01. The van der Waals surface area contributed by atoms with Crippen LogP contribution in [-0.2, 0) is 4.79 Å². The summed E-state index contributed by atoms with van der Waals surface area (Å²) >= 11 is 6.48. The van der Waals surface area contributed by atoms with E-state index in [4.69, 9.17) is 20.8 Å². The molecule has 1 atom stereocenters. The minimum Gasteiger partial charge on any atom is -0.494 e. The van der Waals surface area contributed by atoms with Crippen LogP contribution in [0, 0.1) is 0 Å². The number of hydrogen-bond donors (Lipinski definition) is 0. The quantitative estimate of drug-likeness (QED) is 0.649.